The van der Waals surface area contributed by atoms with E-state index in [4.69, 9.17) is 0 Å². The maximum absolute atomic E-state index is 9.74. The van der Waals surface area contributed by atoms with Crippen molar-refractivity contribution in [3.05, 3.63) is 0 Å². The molecule has 3 nitrogen and oxygen atoms in total. The topological polar surface area (TPSA) is 52.7 Å². The van der Waals surface area contributed by atoms with Crippen molar-refractivity contribution >= 4 is 5.97 Å². The molecule has 1 aliphatic heterocycles. The summed E-state index contributed by atoms with van der Waals surface area (Å²) in [5.41, 5.74) is 0. The molecule has 1 heterocycles. The molecule has 0 radical (unpaired) electrons. The zero-order valence-electron chi connectivity index (χ0n) is 6.26. The fourth-order valence-corrected chi connectivity index (χ4v) is 0.433. The van der Waals surface area contributed by atoms with Crippen molar-refractivity contribution < 1.29 is 90.7 Å². The molecule has 0 aliphatic carbocycles. The first kappa shape index (κ1) is 17.9. The van der Waals surface area contributed by atoms with Crippen molar-refractivity contribution in [2.24, 2.45) is 0 Å². The molecule has 1 rings (SSSR count). The number of carbonyl (C=O) groups is 1. The molecule has 0 unspecified atom stereocenters. The molecule has 0 saturated carbocycles. The largest absolute Gasteiger partial charge is 1.00 e. The summed E-state index contributed by atoms with van der Waals surface area (Å²) < 4.78 is 4.52. The maximum atomic E-state index is 9.74. The Bertz CT molecular complexity index is 111. The monoisotopic (exact) mass is 226 g/mol. The Balaban J connectivity index is -0.000000163. The molecule has 1 saturated heterocycles. The molecule has 0 spiro atoms. The second-order valence-electron chi connectivity index (χ2n) is 1.58. The molecule has 48 valence electrons. The minimum Gasteiger partial charge on any atom is -1.00 e. The number of rotatable bonds is 1. The van der Waals surface area contributed by atoms with E-state index < -0.39 is 12.1 Å². The van der Waals surface area contributed by atoms with E-state index in [1.807, 2.05) is 0 Å². The summed E-state index contributed by atoms with van der Waals surface area (Å²) >= 11 is 0. The van der Waals surface area contributed by atoms with Gasteiger partial charge in [0.15, 0.2) is 0 Å². The Morgan fingerprint density at radius 2 is 1.80 bits per heavy atom. The molecule has 0 aromatic rings. The number of carboxylic acid groups (broad SMARTS) is 1. The molecule has 1 aliphatic rings. The summed E-state index contributed by atoms with van der Waals surface area (Å²) in [4.78, 5) is 9.74. The van der Waals surface area contributed by atoms with Crippen LogP contribution in [0.2, 0.25) is 0 Å². The second-order valence-corrected chi connectivity index (χ2v) is 1.58. The van der Waals surface area contributed by atoms with E-state index >= 15 is 0 Å². The van der Waals surface area contributed by atoms with Crippen LogP contribution in [0.15, 0.2) is 0 Å². The molecule has 0 aromatic heterocycles. The Morgan fingerprint density at radius 1 is 1.50 bits per heavy atom. The quantitative estimate of drug-likeness (QED) is 0.330. The Hall–Kier alpha value is 1.91. The Kier molecular flexibility index (Phi) is 13.5. The standard InChI is InChI=1S/C4H6O3.BrH.2Na/c1-2-3(7-2)4(5)6;;;/h2-3H,1H3,(H,5,6);1H;;/q;;2*+1/p-2/t2-,3-;;;/m1.../s1. The maximum Gasteiger partial charge on any atom is 1.00 e. The van der Waals surface area contributed by atoms with Crippen LogP contribution >= 0.6 is 0 Å². The molecule has 0 aromatic carbocycles. The smallest absolute Gasteiger partial charge is 1.00 e. The van der Waals surface area contributed by atoms with Gasteiger partial charge in [0.2, 0.25) is 0 Å². The first-order valence-electron chi connectivity index (χ1n) is 2.08. The average Bonchev–Trinajstić information content (AvgIpc) is 2.17. The molecular formula is C4H5BrNa2O3. The van der Waals surface area contributed by atoms with Crippen LogP contribution in [-0.4, -0.2) is 18.2 Å². The Morgan fingerprint density at radius 3 is 1.80 bits per heavy atom. The minimum atomic E-state index is -1.10. The van der Waals surface area contributed by atoms with Crippen LogP contribution in [0.5, 0.6) is 0 Å². The van der Waals surface area contributed by atoms with E-state index in [0.717, 1.165) is 0 Å². The van der Waals surface area contributed by atoms with Gasteiger partial charge in [-0.15, -0.1) is 0 Å². The summed E-state index contributed by atoms with van der Waals surface area (Å²) in [7, 11) is 0. The van der Waals surface area contributed by atoms with Gasteiger partial charge in [-0.3, -0.25) is 0 Å². The molecule has 0 N–H and O–H groups in total. The summed E-state index contributed by atoms with van der Waals surface area (Å²) in [6.07, 6.45) is -0.745. The number of hydrogen-bond acceptors (Lipinski definition) is 3. The van der Waals surface area contributed by atoms with Gasteiger partial charge in [0, 0.05) is 0 Å². The number of aliphatic carboxylic acids is 1. The van der Waals surface area contributed by atoms with Crippen LogP contribution in [-0.2, 0) is 9.53 Å². The normalized spacial score (nSPS) is 26.5. The predicted molar refractivity (Wildman–Crippen MR) is 19.3 cm³/mol. The molecule has 1 fully saturated rings. The zero-order valence-corrected chi connectivity index (χ0v) is 11.8. The third kappa shape index (κ3) is 5.55. The van der Waals surface area contributed by atoms with Crippen molar-refractivity contribution in [3.8, 4) is 0 Å². The van der Waals surface area contributed by atoms with Gasteiger partial charge in [-0.25, -0.2) is 0 Å². The Labute approximate surface area is 114 Å². The molecular weight excluding hydrogens is 222 g/mol. The predicted octanol–water partition coefficient (Wildman–Crippen LogP) is -10.5. The van der Waals surface area contributed by atoms with Gasteiger partial charge in [-0.1, -0.05) is 0 Å². The molecule has 0 amide bonds. The summed E-state index contributed by atoms with van der Waals surface area (Å²) in [6, 6.07) is 0. The first-order valence-corrected chi connectivity index (χ1v) is 2.08. The third-order valence-electron chi connectivity index (χ3n) is 0.943. The van der Waals surface area contributed by atoms with Gasteiger partial charge in [-0.05, 0) is 6.92 Å². The van der Waals surface area contributed by atoms with Crippen molar-refractivity contribution in [1.29, 1.82) is 0 Å². The number of carboxylic acids is 1. The molecule has 0 bridgehead atoms. The summed E-state index contributed by atoms with van der Waals surface area (Å²) in [6.45, 7) is 1.69. The summed E-state index contributed by atoms with van der Waals surface area (Å²) in [5.74, 6) is -1.10. The van der Waals surface area contributed by atoms with Crippen molar-refractivity contribution in [3.63, 3.8) is 0 Å². The SMILES string of the molecule is C[C@H]1O[C@H]1C(=O)[O-].[Br-].[Na+].[Na+]. The van der Waals surface area contributed by atoms with Gasteiger partial charge < -0.3 is 31.6 Å². The van der Waals surface area contributed by atoms with Gasteiger partial charge >= 0.3 is 59.1 Å². The number of epoxide rings is 1. The van der Waals surface area contributed by atoms with E-state index in [1.165, 1.54) is 0 Å². The van der Waals surface area contributed by atoms with Crippen LogP contribution in [0, 0.1) is 0 Å². The fourth-order valence-electron chi connectivity index (χ4n) is 0.433. The van der Waals surface area contributed by atoms with E-state index in [9.17, 15) is 9.90 Å². The molecule has 2 atom stereocenters. The fraction of sp³-hybridized carbons (Fsp3) is 0.750. The molecule has 6 heteroatoms. The van der Waals surface area contributed by atoms with Gasteiger partial charge in [-0.2, -0.15) is 0 Å². The van der Waals surface area contributed by atoms with Crippen molar-refractivity contribution in [2.45, 2.75) is 19.1 Å². The van der Waals surface area contributed by atoms with E-state index in [1.54, 1.807) is 6.92 Å². The van der Waals surface area contributed by atoms with Crippen LogP contribution in [0.4, 0.5) is 0 Å². The number of ether oxygens (including phenoxy) is 1. The molecule has 10 heavy (non-hydrogen) atoms. The summed E-state index contributed by atoms with van der Waals surface area (Å²) in [5, 5.41) is 9.74. The number of halogens is 1. The van der Waals surface area contributed by atoms with Crippen LogP contribution in [0.3, 0.4) is 0 Å². The minimum absolute atomic E-state index is 0. The van der Waals surface area contributed by atoms with Crippen molar-refractivity contribution in [1.82, 2.24) is 0 Å². The van der Waals surface area contributed by atoms with Gasteiger partial charge in [0.1, 0.15) is 6.10 Å². The van der Waals surface area contributed by atoms with E-state index in [2.05, 4.69) is 4.74 Å². The first-order chi connectivity index (χ1) is 3.22. The van der Waals surface area contributed by atoms with Crippen molar-refractivity contribution in [2.75, 3.05) is 0 Å². The van der Waals surface area contributed by atoms with E-state index in [0.29, 0.717) is 0 Å². The van der Waals surface area contributed by atoms with Crippen LogP contribution in [0.25, 0.3) is 0 Å². The average molecular weight is 227 g/mol. The number of hydrogen-bond donors (Lipinski definition) is 0. The van der Waals surface area contributed by atoms with Gasteiger partial charge in [0.25, 0.3) is 0 Å². The van der Waals surface area contributed by atoms with E-state index in [-0.39, 0.29) is 82.2 Å². The van der Waals surface area contributed by atoms with Crippen LogP contribution in [0.1, 0.15) is 6.92 Å². The van der Waals surface area contributed by atoms with Gasteiger partial charge in [0.05, 0.1) is 12.1 Å². The van der Waals surface area contributed by atoms with Crippen LogP contribution < -0.4 is 81.2 Å². The second kappa shape index (κ2) is 7.55. The third-order valence-corrected chi connectivity index (χ3v) is 0.943. The zero-order chi connectivity index (χ0) is 5.44. The number of carbonyl (C=O) groups excluding carboxylic acids is 1.